The molecule has 0 spiro atoms. The molecular formula is C17H22ClN3O2. The molecule has 2 aliphatic rings. The highest BCUT2D eigenvalue weighted by Crippen LogP contribution is 2.49. The molecule has 0 aromatic heterocycles. The third-order valence-corrected chi connectivity index (χ3v) is 5.59. The van der Waals surface area contributed by atoms with Gasteiger partial charge in [-0.25, -0.2) is 0 Å². The Hall–Kier alpha value is -1.75. The minimum atomic E-state index is -0.680. The van der Waals surface area contributed by atoms with E-state index in [1.165, 1.54) is 31.7 Å². The van der Waals surface area contributed by atoms with Gasteiger partial charge >= 0.3 is 11.8 Å². The van der Waals surface area contributed by atoms with Crippen LogP contribution in [0.4, 0.5) is 11.4 Å². The van der Waals surface area contributed by atoms with E-state index in [0.717, 1.165) is 5.92 Å². The molecule has 4 atom stereocenters. The number of nitrogens with two attached hydrogens (primary N) is 1. The fourth-order valence-corrected chi connectivity index (χ4v) is 4.26. The second-order valence-corrected chi connectivity index (χ2v) is 7.20. The maximum absolute atomic E-state index is 12.1. The van der Waals surface area contributed by atoms with Crippen molar-refractivity contribution in [2.24, 2.45) is 17.8 Å². The lowest BCUT2D eigenvalue weighted by atomic mass is 9.84. The molecule has 2 amide bonds. The Bertz CT molecular complexity index is 634. The number of hydrogen-bond donors (Lipinski definition) is 3. The summed E-state index contributed by atoms with van der Waals surface area (Å²) in [7, 11) is 0. The largest absolute Gasteiger partial charge is 0.398 e. The van der Waals surface area contributed by atoms with E-state index in [4.69, 9.17) is 17.3 Å². The van der Waals surface area contributed by atoms with E-state index in [1.54, 1.807) is 12.1 Å². The van der Waals surface area contributed by atoms with Crippen molar-refractivity contribution in [3.63, 3.8) is 0 Å². The van der Waals surface area contributed by atoms with Crippen LogP contribution in [-0.4, -0.2) is 17.9 Å². The molecule has 4 N–H and O–H groups in total. The zero-order valence-electron chi connectivity index (χ0n) is 13.1. The van der Waals surface area contributed by atoms with Crippen molar-refractivity contribution in [3.8, 4) is 0 Å². The lowest BCUT2D eigenvalue weighted by molar-refractivity contribution is -0.136. The number of halogens is 1. The molecule has 2 aliphatic carbocycles. The van der Waals surface area contributed by atoms with E-state index in [2.05, 4.69) is 10.6 Å². The van der Waals surface area contributed by atoms with Crippen molar-refractivity contribution in [2.45, 2.75) is 38.6 Å². The summed E-state index contributed by atoms with van der Waals surface area (Å²) in [4.78, 5) is 24.1. The highest BCUT2D eigenvalue weighted by molar-refractivity contribution is 6.40. The van der Waals surface area contributed by atoms with Crippen molar-refractivity contribution in [1.29, 1.82) is 0 Å². The number of nitrogen functional groups attached to an aromatic ring is 1. The van der Waals surface area contributed by atoms with E-state index in [0.29, 0.717) is 28.2 Å². The summed E-state index contributed by atoms with van der Waals surface area (Å²) in [6.07, 6.45) is 5.02. The Morgan fingerprint density at radius 1 is 1.26 bits per heavy atom. The van der Waals surface area contributed by atoms with E-state index in [-0.39, 0.29) is 6.04 Å². The summed E-state index contributed by atoms with van der Waals surface area (Å²) in [5.74, 6) is 0.731. The fourth-order valence-electron chi connectivity index (χ4n) is 4.08. The number of fused-ring (bicyclic) bond motifs is 2. The van der Waals surface area contributed by atoms with Crippen LogP contribution in [0.25, 0.3) is 0 Å². The number of anilines is 2. The first-order valence-corrected chi connectivity index (χ1v) is 8.48. The third kappa shape index (κ3) is 3.44. The minimum Gasteiger partial charge on any atom is -0.398 e. The van der Waals surface area contributed by atoms with Crippen LogP contribution in [-0.2, 0) is 9.59 Å². The van der Waals surface area contributed by atoms with Gasteiger partial charge < -0.3 is 16.4 Å². The molecule has 6 heteroatoms. The molecule has 2 saturated carbocycles. The molecule has 2 bridgehead atoms. The van der Waals surface area contributed by atoms with Crippen LogP contribution in [0.15, 0.2) is 18.2 Å². The van der Waals surface area contributed by atoms with Crippen LogP contribution >= 0.6 is 11.6 Å². The minimum absolute atomic E-state index is 0.0264. The highest BCUT2D eigenvalue weighted by Gasteiger charge is 2.42. The Kier molecular flexibility index (Phi) is 4.48. The number of nitrogens with one attached hydrogen (secondary N) is 2. The smallest absolute Gasteiger partial charge is 0.313 e. The van der Waals surface area contributed by atoms with Gasteiger partial charge in [-0.15, -0.1) is 0 Å². The lowest BCUT2D eigenvalue weighted by Crippen LogP contribution is -2.45. The molecule has 0 aliphatic heterocycles. The van der Waals surface area contributed by atoms with Crippen molar-refractivity contribution in [2.75, 3.05) is 11.1 Å². The topological polar surface area (TPSA) is 84.2 Å². The number of benzene rings is 1. The zero-order chi connectivity index (χ0) is 16.6. The molecule has 1 aromatic rings. The van der Waals surface area contributed by atoms with Gasteiger partial charge in [-0.2, -0.15) is 0 Å². The van der Waals surface area contributed by atoms with Crippen LogP contribution in [0.5, 0.6) is 0 Å². The predicted molar refractivity (Wildman–Crippen MR) is 91.0 cm³/mol. The highest BCUT2D eigenvalue weighted by atomic mass is 35.5. The van der Waals surface area contributed by atoms with Crippen LogP contribution in [0.2, 0.25) is 5.02 Å². The number of amides is 2. The summed E-state index contributed by atoms with van der Waals surface area (Å²) in [6, 6.07) is 4.76. The normalized spacial score (nSPS) is 26.8. The SMILES string of the molecule is CC(NC(=O)C(=O)Nc1ccc(N)c(Cl)c1)C1CC2CCC1C2. The van der Waals surface area contributed by atoms with E-state index >= 15 is 0 Å². The average Bonchev–Trinajstić information content (AvgIpc) is 3.13. The monoisotopic (exact) mass is 335 g/mol. The number of carbonyl (C=O) groups excluding carboxylic acids is 2. The van der Waals surface area contributed by atoms with Gasteiger partial charge in [-0.3, -0.25) is 9.59 Å². The summed E-state index contributed by atoms with van der Waals surface area (Å²) in [5, 5.41) is 5.74. The summed E-state index contributed by atoms with van der Waals surface area (Å²) in [6.45, 7) is 2.00. The quantitative estimate of drug-likeness (QED) is 0.586. The summed E-state index contributed by atoms with van der Waals surface area (Å²) >= 11 is 5.91. The fraction of sp³-hybridized carbons (Fsp3) is 0.529. The predicted octanol–water partition coefficient (Wildman–Crippen LogP) is 2.80. The summed E-state index contributed by atoms with van der Waals surface area (Å²) < 4.78 is 0. The van der Waals surface area contributed by atoms with Gasteiger partial charge in [0.15, 0.2) is 0 Å². The van der Waals surface area contributed by atoms with Gasteiger partial charge in [0.05, 0.1) is 10.7 Å². The molecular weight excluding hydrogens is 314 g/mol. The lowest BCUT2D eigenvalue weighted by Gasteiger charge is -2.28. The Morgan fingerprint density at radius 2 is 2.04 bits per heavy atom. The Balaban J connectivity index is 1.55. The molecule has 23 heavy (non-hydrogen) atoms. The second kappa shape index (κ2) is 6.40. The third-order valence-electron chi connectivity index (χ3n) is 5.26. The van der Waals surface area contributed by atoms with Gasteiger partial charge in [-0.1, -0.05) is 18.0 Å². The summed E-state index contributed by atoms with van der Waals surface area (Å²) in [5.41, 5.74) is 6.51. The second-order valence-electron chi connectivity index (χ2n) is 6.79. The van der Waals surface area contributed by atoms with E-state index in [1.807, 2.05) is 6.92 Å². The van der Waals surface area contributed by atoms with Crippen LogP contribution in [0.1, 0.15) is 32.6 Å². The van der Waals surface area contributed by atoms with Crippen molar-refractivity contribution in [3.05, 3.63) is 23.2 Å². The molecule has 5 nitrogen and oxygen atoms in total. The number of rotatable bonds is 3. The van der Waals surface area contributed by atoms with Crippen LogP contribution in [0, 0.1) is 17.8 Å². The van der Waals surface area contributed by atoms with E-state index < -0.39 is 11.8 Å². The molecule has 4 unspecified atom stereocenters. The van der Waals surface area contributed by atoms with Gasteiger partial charge in [0.25, 0.3) is 0 Å². The van der Waals surface area contributed by atoms with Crippen molar-refractivity contribution >= 4 is 34.8 Å². The molecule has 0 heterocycles. The van der Waals surface area contributed by atoms with Gasteiger partial charge in [0, 0.05) is 11.7 Å². The first-order valence-electron chi connectivity index (χ1n) is 8.11. The van der Waals surface area contributed by atoms with Gasteiger partial charge in [0.1, 0.15) is 0 Å². The Morgan fingerprint density at radius 3 is 2.65 bits per heavy atom. The zero-order valence-corrected chi connectivity index (χ0v) is 13.9. The maximum Gasteiger partial charge on any atom is 0.313 e. The van der Waals surface area contributed by atoms with Crippen LogP contribution < -0.4 is 16.4 Å². The molecule has 3 rings (SSSR count). The molecule has 0 radical (unpaired) electrons. The maximum atomic E-state index is 12.1. The number of hydrogen-bond acceptors (Lipinski definition) is 3. The Labute approximate surface area is 141 Å². The first-order chi connectivity index (χ1) is 10.9. The molecule has 1 aromatic carbocycles. The van der Waals surface area contributed by atoms with Crippen molar-refractivity contribution < 1.29 is 9.59 Å². The standard InChI is InChI=1S/C17H22ClN3O2/c1-9(13-7-10-2-3-11(13)6-10)20-16(22)17(23)21-12-4-5-15(19)14(18)8-12/h4-5,8-11,13H,2-3,6-7,19H2,1H3,(H,20,22)(H,21,23). The molecule has 124 valence electrons. The average molecular weight is 336 g/mol. The van der Waals surface area contributed by atoms with Crippen molar-refractivity contribution in [1.82, 2.24) is 5.32 Å². The van der Waals surface area contributed by atoms with Crippen LogP contribution in [0.3, 0.4) is 0 Å². The van der Waals surface area contributed by atoms with E-state index in [9.17, 15) is 9.59 Å². The van der Waals surface area contributed by atoms with Gasteiger partial charge in [-0.05, 0) is 62.1 Å². The number of carbonyl (C=O) groups is 2. The van der Waals surface area contributed by atoms with Gasteiger partial charge in [0.2, 0.25) is 0 Å². The molecule has 2 fully saturated rings. The molecule has 0 saturated heterocycles. The first kappa shape index (κ1) is 16.1.